The van der Waals surface area contributed by atoms with Gasteiger partial charge in [-0.1, -0.05) is 158 Å². The number of rotatable bonds is 4. The molecule has 0 aromatic heterocycles. The van der Waals surface area contributed by atoms with Crippen LogP contribution in [0, 0.1) is 5.92 Å². The molecule has 0 N–H and O–H groups in total. The predicted octanol–water partition coefficient (Wildman–Crippen LogP) is 11.3. The van der Waals surface area contributed by atoms with Crippen molar-refractivity contribution in [1.29, 1.82) is 0 Å². The molecule has 0 unspecified atom stereocenters. The Hall–Kier alpha value is -3.24. The van der Waals surface area contributed by atoms with Gasteiger partial charge in [0, 0.05) is 28.4 Å². The molecular formula is C38H60O3. The molecule has 0 spiro atoms. The Balaban J connectivity index is -0.000000207. The second-order valence-corrected chi connectivity index (χ2v) is 8.32. The van der Waals surface area contributed by atoms with Crippen LogP contribution in [0.3, 0.4) is 0 Å². The lowest BCUT2D eigenvalue weighted by atomic mass is 10.1. The third-order valence-corrected chi connectivity index (χ3v) is 3.89. The molecule has 0 saturated carbocycles. The standard InChI is InChI=1S/2C10H8.2C4H8O.C4H10.C2H6O.2C2H6/c2*1-2-6-10-8-4-3-7-9(10)5-1;2*1-3-4-5-2;1-4(2)3;1-3-2;2*1-2/h2*1-8H;2*3H,1,4H2,2H3;4H,1-3H3;1-2H3;2*1-2H3. The third-order valence-electron chi connectivity index (χ3n) is 3.89. The maximum Gasteiger partial charge on any atom is 0.0641 e. The molecule has 41 heavy (non-hydrogen) atoms. The van der Waals surface area contributed by atoms with Crippen LogP contribution in [0.2, 0.25) is 0 Å². The van der Waals surface area contributed by atoms with E-state index < -0.39 is 0 Å². The first-order valence-electron chi connectivity index (χ1n) is 14.4. The lowest BCUT2D eigenvalue weighted by Crippen LogP contribution is -1.76. The van der Waals surface area contributed by atoms with Crippen LogP contribution < -0.4 is 0 Å². The Morgan fingerprint density at radius 1 is 0.488 bits per heavy atom. The number of methoxy groups -OCH3 is 3. The zero-order valence-corrected chi connectivity index (χ0v) is 28.0. The third kappa shape index (κ3) is 32.9. The minimum absolute atomic E-state index is 0.653. The maximum absolute atomic E-state index is 4.57. The van der Waals surface area contributed by atoms with E-state index in [4.69, 9.17) is 0 Å². The number of benzene rings is 4. The van der Waals surface area contributed by atoms with E-state index in [1.165, 1.54) is 21.5 Å². The highest BCUT2D eigenvalue weighted by Gasteiger charge is 1.86. The van der Waals surface area contributed by atoms with Gasteiger partial charge in [-0.2, -0.15) is 0 Å². The van der Waals surface area contributed by atoms with Crippen molar-refractivity contribution in [3.63, 3.8) is 0 Å². The summed E-state index contributed by atoms with van der Waals surface area (Å²) in [4.78, 5) is 0. The van der Waals surface area contributed by atoms with Gasteiger partial charge in [0.15, 0.2) is 0 Å². The summed E-state index contributed by atoms with van der Waals surface area (Å²) in [5, 5.41) is 5.24. The molecule has 4 rings (SSSR count). The monoisotopic (exact) mass is 564 g/mol. The van der Waals surface area contributed by atoms with Crippen LogP contribution >= 0.6 is 0 Å². The SMILES string of the molecule is C=CCOC.C=CCOC.CC.CC.CC(C)C.COC.c1ccc2ccccc2c1.c1ccc2ccccc2c1. The molecule has 0 aliphatic heterocycles. The summed E-state index contributed by atoms with van der Waals surface area (Å²) in [6.45, 7) is 22.7. The zero-order chi connectivity index (χ0) is 32.2. The second kappa shape index (κ2) is 38.9. The average molecular weight is 565 g/mol. The lowest BCUT2D eigenvalue weighted by molar-refractivity contribution is 0.234. The van der Waals surface area contributed by atoms with Gasteiger partial charge in [0.05, 0.1) is 13.2 Å². The van der Waals surface area contributed by atoms with E-state index >= 15 is 0 Å². The molecule has 4 aromatic rings. The molecule has 230 valence electrons. The first-order valence-corrected chi connectivity index (χ1v) is 14.4. The van der Waals surface area contributed by atoms with Crippen LogP contribution in [0.15, 0.2) is 122 Å². The Labute approximate surface area is 253 Å². The molecule has 0 aliphatic carbocycles. The van der Waals surface area contributed by atoms with E-state index in [9.17, 15) is 0 Å². The largest absolute Gasteiger partial charge is 0.388 e. The van der Waals surface area contributed by atoms with Gasteiger partial charge >= 0.3 is 0 Å². The summed E-state index contributed by atoms with van der Waals surface area (Å²) >= 11 is 0. The van der Waals surface area contributed by atoms with E-state index in [2.05, 4.69) is 145 Å². The van der Waals surface area contributed by atoms with Gasteiger partial charge in [0.2, 0.25) is 0 Å². The van der Waals surface area contributed by atoms with Crippen LogP contribution in [-0.2, 0) is 14.2 Å². The summed E-state index contributed by atoms with van der Waals surface area (Å²) in [5.41, 5.74) is 0. The van der Waals surface area contributed by atoms with Crippen molar-refractivity contribution in [2.75, 3.05) is 41.7 Å². The molecule has 0 aliphatic rings. The van der Waals surface area contributed by atoms with Crippen molar-refractivity contribution < 1.29 is 14.2 Å². The minimum Gasteiger partial charge on any atom is -0.388 e. The summed E-state index contributed by atoms with van der Waals surface area (Å²) in [6.07, 6.45) is 3.42. The van der Waals surface area contributed by atoms with E-state index in [1.807, 2.05) is 27.7 Å². The van der Waals surface area contributed by atoms with Crippen LogP contribution in [-0.4, -0.2) is 41.7 Å². The van der Waals surface area contributed by atoms with E-state index in [0.717, 1.165) is 5.92 Å². The fourth-order valence-corrected chi connectivity index (χ4v) is 2.50. The van der Waals surface area contributed by atoms with Gasteiger partial charge in [-0.25, -0.2) is 0 Å². The van der Waals surface area contributed by atoms with Gasteiger partial charge in [-0.3, -0.25) is 0 Å². The topological polar surface area (TPSA) is 27.7 Å². The summed E-state index contributed by atoms with van der Waals surface area (Å²) in [7, 11) is 6.53. The molecule has 0 bridgehead atoms. The Morgan fingerprint density at radius 2 is 0.634 bits per heavy atom. The Morgan fingerprint density at radius 3 is 0.707 bits per heavy atom. The van der Waals surface area contributed by atoms with Crippen LogP contribution in [0.1, 0.15) is 48.5 Å². The Kier molecular flexibility index (Phi) is 42.5. The average Bonchev–Trinajstić information content (AvgIpc) is 3.01. The van der Waals surface area contributed by atoms with E-state index in [-0.39, 0.29) is 0 Å². The molecule has 4 aromatic carbocycles. The zero-order valence-electron chi connectivity index (χ0n) is 28.0. The lowest BCUT2D eigenvalue weighted by Gasteiger charge is -1.92. The van der Waals surface area contributed by atoms with E-state index in [0.29, 0.717) is 13.2 Å². The van der Waals surface area contributed by atoms with Crippen molar-refractivity contribution in [3.05, 3.63) is 122 Å². The molecular weight excluding hydrogens is 504 g/mol. The van der Waals surface area contributed by atoms with Gasteiger partial charge < -0.3 is 14.2 Å². The highest BCUT2D eigenvalue weighted by Crippen LogP contribution is 2.12. The molecule has 3 nitrogen and oxygen atoms in total. The van der Waals surface area contributed by atoms with Crippen molar-refractivity contribution in [2.24, 2.45) is 5.92 Å². The van der Waals surface area contributed by atoms with E-state index in [1.54, 1.807) is 40.6 Å². The molecule has 3 heteroatoms. The number of hydrogen-bond donors (Lipinski definition) is 0. The maximum atomic E-state index is 4.57. The molecule has 0 amide bonds. The summed E-state index contributed by atoms with van der Waals surface area (Å²) in [6, 6.07) is 33.4. The summed E-state index contributed by atoms with van der Waals surface area (Å²) in [5.74, 6) is 0.833. The summed E-state index contributed by atoms with van der Waals surface area (Å²) < 4.78 is 13.4. The fourth-order valence-electron chi connectivity index (χ4n) is 2.50. The molecule has 0 radical (unpaired) electrons. The smallest absolute Gasteiger partial charge is 0.0641 e. The molecule has 0 heterocycles. The van der Waals surface area contributed by atoms with Crippen LogP contribution in [0.25, 0.3) is 21.5 Å². The van der Waals surface area contributed by atoms with Crippen molar-refractivity contribution >= 4 is 21.5 Å². The van der Waals surface area contributed by atoms with Gasteiger partial charge in [0.1, 0.15) is 0 Å². The quantitative estimate of drug-likeness (QED) is 0.231. The normalized spacial score (nSPS) is 8.29. The highest BCUT2D eigenvalue weighted by molar-refractivity contribution is 5.82. The number of ether oxygens (including phenoxy) is 3. The first kappa shape index (κ1) is 44.8. The molecule has 0 fully saturated rings. The predicted molar refractivity (Wildman–Crippen MR) is 188 cm³/mol. The van der Waals surface area contributed by atoms with Crippen molar-refractivity contribution in [3.8, 4) is 0 Å². The van der Waals surface area contributed by atoms with Crippen molar-refractivity contribution in [2.45, 2.75) is 48.5 Å². The number of hydrogen-bond acceptors (Lipinski definition) is 3. The second-order valence-electron chi connectivity index (χ2n) is 8.32. The molecule has 0 atom stereocenters. The van der Waals surface area contributed by atoms with Gasteiger partial charge in [0.25, 0.3) is 0 Å². The minimum atomic E-state index is 0.653. The van der Waals surface area contributed by atoms with Crippen molar-refractivity contribution in [1.82, 2.24) is 0 Å². The van der Waals surface area contributed by atoms with Gasteiger partial charge in [-0.15, -0.1) is 13.2 Å². The fraction of sp³-hybridized carbons (Fsp3) is 0.368. The van der Waals surface area contributed by atoms with Crippen LogP contribution in [0.4, 0.5) is 0 Å². The van der Waals surface area contributed by atoms with Gasteiger partial charge in [-0.05, 0) is 27.5 Å². The highest BCUT2D eigenvalue weighted by atomic mass is 16.5. The Bertz CT molecular complexity index is 826. The first-order chi connectivity index (χ1) is 19.9. The number of fused-ring (bicyclic) bond motifs is 2. The molecule has 0 saturated heterocycles. The van der Waals surface area contributed by atoms with Crippen LogP contribution in [0.5, 0.6) is 0 Å².